The van der Waals surface area contributed by atoms with Crippen molar-refractivity contribution in [2.75, 3.05) is 0 Å². The minimum Gasteiger partial charge on any atom is -0.489 e. The molecule has 0 spiro atoms. The van der Waals surface area contributed by atoms with E-state index in [1.165, 1.54) is 6.08 Å². The molecule has 0 fully saturated rings. The van der Waals surface area contributed by atoms with Crippen LogP contribution in [0.1, 0.15) is 11.1 Å². The maximum atomic E-state index is 13.4. The van der Waals surface area contributed by atoms with Crippen molar-refractivity contribution in [1.29, 1.82) is 0 Å². The molecule has 0 heterocycles. The molecule has 0 aliphatic carbocycles. The molecule has 0 atom stereocenters. The molecule has 21 heavy (non-hydrogen) atoms. The van der Waals surface area contributed by atoms with Gasteiger partial charge in [0.25, 0.3) is 0 Å². The van der Waals surface area contributed by atoms with Gasteiger partial charge in [0.05, 0.1) is 0 Å². The first kappa shape index (κ1) is 14.7. The van der Waals surface area contributed by atoms with Gasteiger partial charge in [-0.1, -0.05) is 12.1 Å². The fraction of sp³-hybridized carbons (Fsp3) is 0.0625. The Hall–Kier alpha value is -2.69. The molecule has 5 heteroatoms. The lowest BCUT2D eigenvalue weighted by atomic mass is 10.2. The highest BCUT2D eigenvalue weighted by Gasteiger charge is 2.04. The summed E-state index contributed by atoms with van der Waals surface area (Å²) in [4.78, 5) is 10.4. The van der Waals surface area contributed by atoms with Crippen molar-refractivity contribution < 1.29 is 23.4 Å². The van der Waals surface area contributed by atoms with Crippen LogP contribution in [-0.4, -0.2) is 11.1 Å². The SMILES string of the molecule is O=C(O)/C=C/c1ccc(OCc2cc(F)ccc2F)cc1. The van der Waals surface area contributed by atoms with Crippen LogP contribution in [0, 0.1) is 11.6 Å². The molecule has 3 nitrogen and oxygen atoms in total. The molecule has 0 saturated heterocycles. The van der Waals surface area contributed by atoms with Gasteiger partial charge in [-0.15, -0.1) is 0 Å². The molecule has 0 saturated carbocycles. The number of carboxylic acids is 1. The maximum Gasteiger partial charge on any atom is 0.328 e. The van der Waals surface area contributed by atoms with Gasteiger partial charge in [0, 0.05) is 11.6 Å². The molecule has 0 aliphatic rings. The van der Waals surface area contributed by atoms with Gasteiger partial charge in [0.2, 0.25) is 0 Å². The number of benzene rings is 2. The fourth-order valence-electron chi connectivity index (χ4n) is 1.66. The monoisotopic (exact) mass is 290 g/mol. The van der Waals surface area contributed by atoms with Gasteiger partial charge in [0.1, 0.15) is 24.0 Å². The molecule has 0 unspecified atom stereocenters. The van der Waals surface area contributed by atoms with E-state index in [-0.39, 0.29) is 12.2 Å². The second kappa shape index (κ2) is 6.65. The second-order valence-corrected chi connectivity index (χ2v) is 4.27. The van der Waals surface area contributed by atoms with E-state index in [0.29, 0.717) is 11.3 Å². The zero-order valence-corrected chi connectivity index (χ0v) is 10.9. The highest BCUT2D eigenvalue weighted by molar-refractivity contribution is 5.85. The van der Waals surface area contributed by atoms with Crippen LogP contribution < -0.4 is 4.74 Å². The lowest BCUT2D eigenvalue weighted by Gasteiger charge is -2.07. The Balaban J connectivity index is 2.00. The van der Waals surface area contributed by atoms with Crippen LogP contribution in [0.3, 0.4) is 0 Å². The molecule has 0 bridgehead atoms. The summed E-state index contributed by atoms with van der Waals surface area (Å²) in [7, 11) is 0. The van der Waals surface area contributed by atoms with E-state index in [1.54, 1.807) is 24.3 Å². The molecule has 0 aliphatic heterocycles. The van der Waals surface area contributed by atoms with Crippen molar-refractivity contribution in [1.82, 2.24) is 0 Å². The predicted octanol–water partition coefficient (Wildman–Crippen LogP) is 3.64. The van der Waals surface area contributed by atoms with Crippen molar-refractivity contribution in [2.24, 2.45) is 0 Å². The van der Waals surface area contributed by atoms with E-state index in [1.807, 2.05) is 0 Å². The Morgan fingerprint density at radius 3 is 2.52 bits per heavy atom. The van der Waals surface area contributed by atoms with Gasteiger partial charge in [0.15, 0.2) is 0 Å². The number of hydrogen-bond acceptors (Lipinski definition) is 2. The molecule has 0 aromatic heterocycles. The van der Waals surface area contributed by atoms with Crippen LogP contribution in [0.15, 0.2) is 48.5 Å². The zero-order valence-electron chi connectivity index (χ0n) is 10.9. The number of carboxylic acid groups (broad SMARTS) is 1. The van der Waals surface area contributed by atoms with Gasteiger partial charge in [-0.25, -0.2) is 13.6 Å². The van der Waals surface area contributed by atoms with Crippen LogP contribution in [0.4, 0.5) is 8.78 Å². The first-order valence-electron chi connectivity index (χ1n) is 6.12. The summed E-state index contributed by atoms with van der Waals surface area (Å²) in [6.45, 7) is -0.0894. The van der Waals surface area contributed by atoms with E-state index in [0.717, 1.165) is 24.3 Å². The standard InChI is InChI=1S/C16H12F2O3/c17-13-4-7-15(18)12(9-13)10-21-14-5-1-11(2-6-14)3-8-16(19)20/h1-9H,10H2,(H,19,20)/b8-3+. The third-order valence-corrected chi connectivity index (χ3v) is 2.70. The zero-order chi connectivity index (χ0) is 15.2. The molecular formula is C16H12F2O3. The van der Waals surface area contributed by atoms with Crippen LogP contribution >= 0.6 is 0 Å². The van der Waals surface area contributed by atoms with Crippen LogP contribution in [-0.2, 0) is 11.4 Å². The molecule has 1 N–H and O–H groups in total. The summed E-state index contributed by atoms with van der Waals surface area (Å²) >= 11 is 0. The highest BCUT2D eigenvalue weighted by atomic mass is 19.1. The van der Waals surface area contributed by atoms with Gasteiger partial charge in [-0.05, 0) is 42.0 Å². The number of halogens is 2. The number of rotatable bonds is 5. The van der Waals surface area contributed by atoms with Crippen LogP contribution in [0.25, 0.3) is 6.08 Å². The molecular weight excluding hydrogens is 278 g/mol. The van der Waals surface area contributed by atoms with E-state index >= 15 is 0 Å². The molecule has 0 amide bonds. The van der Waals surface area contributed by atoms with E-state index in [2.05, 4.69) is 0 Å². The van der Waals surface area contributed by atoms with Crippen molar-refractivity contribution >= 4 is 12.0 Å². The van der Waals surface area contributed by atoms with Crippen molar-refractivity contribution in [3.8, 4) is 5.75 Å². The minimum absolute atomic E-state index is 0.0894. The smallest absolute Gasteiger partial charge is 0.328 e. The Bertz CT molecular complexity index is 664. The number of aliphatic carboxylic acids is 1. The average Bonchev–Trinajstić information content (AvgIpc) is 2.47. The minimum atomic E-state index is -1.03. The van der Waals surface area contributed by atoms with Gasteiger partial charge < -0.3 is 9.84 Å². The Morgan fingerprint density at radius 1 is 1.14 bits per heavy atom. The molecule has 2 rings (SSSR count). The number of ether oxygens (including phenoxy) is 1. The topological polar surface area (TPSA) is 46.5 Å². The fourth-order valence-corrected chi connectivity index (χ4v) is 1.66. The van der Waals surface area contributed by atoms with Crippen LogP contribution in [0.2, 0.25) is 0 Å². The molecule has 2 aromatic carbocycles. The third-order valence-electron chi connectivity index (χ3n) is 2.70. The Morgan fingerprint density at radius 2 is 1.86 bits per heavy atom. The summed E-state index contributed by atoms with van der Waals surface area (Å²) in [6.07, 6.45) is 2.47. The molecule has 108 valence electrons. The van der Waals surface area contributed by atoms with Gasteiger partial charge in [-0.2, -0.15) is 0 Å². The normalized spacial score (nSPS) is 10.8. The summed E-state index contributed by atoms with van der Waals surface area (Å²) in [6, 6.07) is 9.75. The Labute approximate surface area is 120 Å². The van der Waals surface area contributed by atoms with Crippen molar-refractivity contribution in [2.45, 2.75) is 6.61 Å². The molecule has 2 aromatic rings. The van der Waals surface area contributed by atoms with Gasteiger partial charge >= 0.3 is 5.97 Å². The average molecular weight is 290 g/mol. The van der Waals surface area contributed by atoms with Crippen molar-refractivity contribution in [3.63, 3.8) is 0 Å². The third kappa shape index (κ3) is 4.42. The Kier molecular flexibility index (Phi) is 4.66. The van der Waals surface area contributed by atoms with E-state index in [9.17, 15) is 13.6 Å². The lowest BCUT2D eigenvalue weighted by molar-refractivity contribution is -0.131. The summed E-state index contributed by atoms with van der Waals surface area (Å²) in [5.74, 6) is -1.61. The lowest BCUT2D eigenvalue weighted by Crippen LogP contribution is -1.99. The first-order chi connectivity index (χ1) is 10.0. The van der Waals surface area contributed by atoms with E-state index < -0.39 is 17.6 Å². The van der Waals surface area contributed by atoms with E-state index in [4.69, 9.17) is 9.84 Å². The number of carbonyl (C=O) groups is 1. The summed E-state index contributed by atoms with van der Waals surface area (Å²) < 4.78 is 31.8. The summed E-state index contributed by atoms with van der Waals surface area (Å²) in [5.41, 5.74) is 0.825. The number of hydrogen-bond donors (Lipinski definition) is 1. The first-order valence-corrected chi connectivity index (χ1v) is 6.12. The summed E-state index contributed by atoms with van der Waals surface area (Å²) in [5, 5.41) is 8.51. The predicted molar refractivity (Wildman–Crippen MR) is 73.8 cm³/mol. The maximum absolute atomic E-state index is 13.4. The molecule has 0 radical (unpaired) electrons. The largest absolute Gasteiger partial charge is 0.489 e. The quantitative estimate of drug-likeness (QED) is 0.855. The highest BCUT2D eigenvalue weighted by Crippen LogP contribution is 2.17. The second-order valence-electron chi connectivity index (χ2n) is 4.27. The van der Waals surface area contributed by atoms with Crippen molar-refractivity contribution in [3.05, 3.63) is 71.3 Å². The van der Waals surface area contributed by atoms with Crippen LogP contribution in [0.5, 0.6) is 5.75 Å². The van der Waals surface area contributed by atoms with Gasteiger partial charge in [-0.3, -0.25) is 0 Å².